The maximum atomic E-state index is 13.9. The fourth-order valence-corrected chi connectivity index (χ4v) is 4.52. The van der Waals surface area contributed by atoms with Gasteiger partial charge in [-0.1, -0.05) is 0 Å². The molecule has 1 aliphatic rings. The lowest BCUT2D eigenvalue weighted by Crippen LogP contribution is -2.36. The zero-order valence-electron chi connectivity index (χ0n) is 13.4. The molecule has 0 aliphatic carbocycles. The molecular formula is C16H15FN4O3S. The van der Waals surface area contributed by atoms with E-state index in [1.54, 1.807) is 12.4 Å². The molecule has 130 valence electrons. The van der Waals surface area contributed by atoms with Crippen LogP contribution in [-0.2, 0) is 23.0 Å². The predicted octanol–water partition coefficient (Wildman–Crippen LogP) is 1.85. The van der Waals surface area contributed by atoms with Crippen LogP contribution < -0.4 is 4.74 Å². The molecule has 0 amide bonds. The van der Waals surface area contributed by atoms with Crippen molar-refractivity contribution in [3.05, 3.63) is 47.5 Å². The summed E-state index contributed by atoms with van der Waals surface area (Å²) in [6.07, 6.45) is 3.90. The maximum Gasteiger partial charge on any atom is 0.243 e. The van der Waals surface area contributed by atoms with Gasteiger partial charge in [-0.15, -0.1) is 0 Å². The number of hydrogen-bond donors (Lipinski definition) is 1. The summed E-state index contributed by atoms with van der Waals surface area (Å²) in [5.41, 5.74) is 2.57. The van der Waals surface area contributed by atoms with Gasteiger partial charge in [0.25, 0.3) is 0 Å². The second-order valence-electron chi connectivity index (χ2n) is 5.78. The minimum Gasteiger partial charge on any atom is -0.494 e. The first kappa shape index (κ1) is 16.0. The highest BCUT2D eigenvalue weighted by molar-refractivity contribution is 7.89. The van der Waals surface area contributed by atoms with Gasteiger partial charge >= 0.3 is 0 Å². The second kappa shape index (κ2) is 5.78. The number of ether oxygens (including phenoxy) is 1. The molecule has 9 heteroatoms. The van der Waals surface area contributed by atoms with Gasteiger partial charge in [0.05, 0.1) is 18.2 Å². The summed E-state index contributed by atoms with van der Waals surface area (Å²) in [5, 5.41) is 7.69. The summed E-state index contributed by atoms with van der Waals surface area (Å²) in [4.78, 5) is 4.17. The number of aromatic amines is 1. The number of aromatic nitrogens is 3. The lowest BCUT2D eigenvalue weighted by molar-refractivity contribution is 0.382. The van der Waals surface area contributed by atoms with Crippen LogP contribution in [0.25, 0.3) is 11.0 Å². The molecule has 25 heavy (non-hydrogen) atoms. The van der Waals surface area contributed by atoms with Crippen molar-refractivity contribution in [2.24, 2.45) is 0 Å². The third-order valence-corrected chi connectivity index (χ3v) is 6.24. The number of nitrogens with zero attached hydrogens (tertiary/aromatic N) is 3. The quantitative estimate of drug-likeness (QED) is 0.768. The second-order valence-corrected chi connectivity index (χ2v) is 7.72. The van der Waals surface area contributed by atoms with Crippen LogP contribution in [0.2, 0.25) is 0 Å². The minimum absolute atomic E-state index is 0.00879. The fourth-order valence-electron chi connectivity index (χ4n) is 3.09. The van der Waals surface area contributed by atoms with Crippen molar-refractivity contribution in [2.75, 3.05) is 13.7 Å². The smallest absolute Gasteiger partial charge is 0.243 e. The van der Waals surface area contributed by atoms with Gasteiger partial charge in [-0.3, -0.25) is 5.10 Å². The van der Waals surface area contributed by atoms with Crippen LogP contribution in [0.15, 0.2) is 35.5 Å². The summed E-state index contributed by atoms with van der Waals surface area (Å²) >= 11 is 0. The van der Waals surface area contributed by atoms with Gasteiger partial charge in [-0.2, -0.15) is 9.40 Å². The van der Waals surface area contributed by atoms with E-state index < -0.39 is 15.8 Å². The number of H-pyrrole nitrogens is 1. The number of halogens is 1. The first-order valence-electron chi connectivity index (χ1n) is 7.64. The van der Waals surface area contributed by atoms with Gasteiger partial charge in [0.15, 0.2) is 17.2 Å². The van der Waals surface area contributed by atoms with Crippen LogP contribution in [0.3, 0.4) is 0 Å². The highest BCUT2D eigenvalue weighted by Crippen LogP contribution is 2.29. The lowest BCUT2D eigenvalue weighted by Gasteiger charge is -2.28. The van der Waals surface area contributed by atoms with Crippen LogP contribution in [0.4, 0.5) is 4.39 Å². The highest BCUT2D eigenvalue weighted by atomic mass is 32.2. The van der Waals surface area contributed by atoms with E-state index in [9.17, 15) is 12.8 Å². The van der Waals surface area contributed by atoms with Crippen molar-refractivity contribution in [3.8, 4) is 5.75 Å². The number of sulfonamides is 1. The van der Waals surface area contributed by atoms with Crippen LogP contribution in [0, 0.1) is 5.82 Å². The molecule has 0 fully saturated rings. The highest BCUT2D eigenvalue weighted by Gasteiger charge is 2.30. The van der Waals surface area contributed by atoms with Crippen LogP contribution in [-0.4, -0.2) is 41.6 Å². The summed E-state index contributed by atoms with van der Waals surface area (Å²) in [7, 11) is -2.47. The van der Waals surface area contributed by atoms with Gasteiger partial charge in [0.2, 0.25) is 10.0 Å². The number of hydrogen-bond acceptors (Lipinski definition) is 5. The Morgan fingerprint density at radius 2 is 2.16 bits per heavy atom. The summed E-state index contributed by atoms with van der Waals surface area (Å²) < 4.78 is 45.8. The Kier molecular flexibility index (Phi) is 3.69. The van der Waals surface area contributed by atoms with Crippen molar-refractivity contribution in [3.63, 3.8) is 0 Å². The summed E-state index contributed by atoms with van der Waals surface area (Å²) in [6.45, 7) is 0.507. The van der Waals surface area contributed by atoms with Gasteiger partial charge in [0, 0.05) is 24.7 Å². The molecule has 0 radical (unpaired) electrons. The molecule has 0 atom stereocenters. The van der Waals surface area contributed by atoms with Crippen LogP contribution in [0.1, 0.15) is 11.1 Å². The van der Waals surface area contributed by atoms with Gasteiger partial charge in [-0.25, -0.2) is 17.8 Å². The van der Waals surface area contributed by atoms with E-state index in [0.717, 1.165) is 22.6 Å². The zero-order chi connectivity index (χ0) is 17.6. The predicted molar refractivity (Wildman–Crippen MR) is 88.1 cm³/mol. The monoisotopic (exact) mass is 362 g/mol. The average Bonchev–Trinajstić information content (AvgIpc) is 3.10. The lowest BCUT2D eigenvalue weighted by atomic mass is 10.0. The van der Waals surface area contributed by atoms with Crippen molar-refractivity contribution in [2.45, 2.75) is 17.9 Å². The van der Waals surface area contributed by atoms with E-state index in [4.69, 9.17) is 4.74 Å². The van der Waals surface area contributed by atoms with Gasteiger partial charge in [-0.05, 0) is 35.7 Å². The Bertz CT molecular complexity index is 1060. The molecule has 1 aliphatic heterocycles. The topological polar surface area (TPSA) is 88.2 Å². The normalized spacial score (nSPS) is 15.3. The molecule has 1 N–H and O–H groups in total. The van der Waals surface area contributed by atoms with Crippen molar-refractivity contribution in [1.29, 1.82) is 0 Å². The van der Waals surface area contributed by atoms with E-state index in [2.05, 4.69) is 15.2 Å². The summed E-state index contributed by atoms with van der Waals surface area (Å²) in [6, 6.07) is 3.65. The van der Waals surface area contributed by atoms with Crippen LogP contribution >= 0.6 is 0 Å². The third-order valence-electron chi connectivity index (χ3n) is 4.40. The van der Waals surface area contributed by atoms with E-state index in [0.29, 0.717) is 18.6 Å². The Labute approximate surface area is 143 Å². The molecule has 0 bridgehead atoms. The molecule has 0 saturated carbocycles. The maximum absolute atomic E-state index is 13.9. The molecule has 1 aromatic carbocycles. The molecule has 0 saturated heterocycles. The number of nitrogens with one attached hydrogen (secondary N) is 1. The Balaban J connectivity index is 1.69. The van der Waals surface area contributed by atoms with Crippen molar-refractivity contribution >= 4 is 21.1 Å². The first-order valence-corrected chi connectivity index (χ1v) is 9.08. The standard InChI is InChI=1S/C16H15FN4O3S/c1-24-15-3-2-11(6-14(15)17)25(22,23)21-5-4-12-10(9-21)7-18-16-13(12)8-19-20-16/h2-3,6-8H,4-5,9H2,1H3,(H,18,19,20). The van der Waals surface area contributed by atoms with Gasteiger partial charge < -0.3 is 4.74 Å². The largest absolute Gasteiger partial charge is 0.494 e. The van der Waals surface area contributed by atoms with Crippen LogP contribution in [0.5, 0.6) is 5.75 Å². The van der Waals surface area contributed by atoms with Crippen molar-refractivity contribution < 1.29 is 17.5 Å². The molecule has 4 rings (SSSR count). The number of pyridine rings is 1. The Morgan fingerprint density at radius 3 is 2.92 bits per heavy atom. The molecule has 0 spiro atoms. The molecular weight excluding hydrogens is 347 g/mol. The summed E-state index contributed by atoms with van der Waals surface area (Å²) in [5.74, 6) is -0.697. The molecule has 2 aromatic heterocycles. The number of benzene rings is 1. The van der Waals surface area contributed by atoms with E-state index in [1.807, 2.05) is 0 Å². The number of rotatable bonds is 3. The number of methoxy groups -OCH3 is 1. The Morgan fingerprint density at radius 1 is 1.32 bits per heavy atom. The minimum atomic E-state index is -3.81. The average molecular weight is 362 g/mol. The van der Waals surface area contributed by atoms with Crippen molar-refractivity contribution in [1.82, 2.24) is 19.5 Å². The van der Waals surface area contributed by atoms with E-state index >= 15 is 0 Å². The fraction of sp³-hybridized carbons (Fsp3) is 0.250. The number of fused-ring (bicyclic) bond motifs is 3. The van der Waals surface area contributed by atoms with Gasteiger partial charge in [0.1, 0.15) is 0 Å². The molecule has 3 aromatic rings. The molecule has 7 nitrogen and oxygen atoms in total. The first-order chi connectivity index (χ1) is 12.0. The zero-order valence-corrected chi connectivity index (χ0v) is 14.2. The van der Waals surface area contributed by atoms with E-state index in [1.165, 1.54) is 23.5 Å². The Hall–Kier alpha value is -2.52. The molecule has 3 heterocycles. The third kappa shape index (κ3) is 2.56. The molecule has 0 unspecified atom stereocenters. The SMILES string of the molecule is COc1ccc(S(=O)(=O)N2CCc3c(cnc4[nH]ncc34)C2)cc1F. The van der Waals surface area contributed by atoms with E-state index in [-0.39, 0.29) is 17.2 Å².